The number of benzene rings is 2. The summed E-state index contributed by atoms with van der Waals surface area (Å²) in [5.41, 5.74) is 2.45. The Labute approximate surface area is 169 Å². The van der Waals surface area contributed by atoms with Gasteiger partial charge in [-0.1, -0.05) is 30.3 Å². The Bertz CT molecular complexity index is 876. The molecule has 0 aliphatic carbocycles. The Balaban J connectivity index is 1.68. The highest BCUT2D eigenvalue weighted by atomic mass is 19.1. The highest BCUT2D eigenvalue weighted by Gasteiger charge is 2.18. The third kappa shape index (κ3) is 5.74. The van der Waals surface area contributed by atoms with E-state index in [4.69, 9.17) is 9.47 Å². The maximum absolute atomic E-state index is 13.7. The molecule has 4 nitrogen and oxygen atoms in total. The minimum atomic E-state index is -0.375. The predicted octanol–water partition coefficient (Wildman–Crippen LogP) is 4.18. The van der Waals surface area contributed by atoms with Crippen molar-refractivity contribution < 1.29 is 23.0 Å². The molecule has 0 radical (unpaired) electrons. The third-order valence-corrected chi connectivity index (χ3v) is 4.68. The van der Waals surface area contributed by atoms with Gasteiger partial charge in [-0.2, -0.15) is 0 Å². The zero-order valence-corrected chi connectivity index (χ0v) is 16.2. The number of methoxy groups -OCH3 is 1. The zero-order valence-electron chi connectivity index (χ0n) is 16.2. The Morgan fingerprint density at radius 3 is 2.34 bits per heavy atom. The minimum Gasteiger partial charge on any atom is -0.499 e. The summed E-state index contributed by atoms with van der Waals surface area (Å²) in [6, 6.07) is 12.2. The molecule has 0 bridgehead atoms. The molecule has 0 saturated heterocycles. The van der Waals surface area contributed by atoms with Gasteiger partial charge < -0.3 is 9.47 Å². The van der Waals surface area contributed by atoms with Gasteiger partial charge in [0.25, 0.3) is 0 Å². The number of carbonyl (C=O) groups excluding carboxylic acids is 1. The number of rotatable bonds is 7. The summed E-state index contributed by atoms with van der Waals surface area (Å²) in [5.74, 6) is -1.06. The fourth-order valence-electron chi connectivity index (χ4n) is 3.21. The van der Waals surface area contributed by atoms with E-state index in [1.807, 2.05) is 6.08 Å². The number of carbonyl (C=O) groups is 1. The van der Waals surface area contributed by atoms with Gasteiger partial charge in [0.1, 0.15) is 18.2 Å². The molecule has 0 unspecified atom stereocenters. The molecule has 3 rings (SSSR count). The maximum Gasteiger partial charge on any atom is 0.334 e. The van der Waals surface area contributed by atoms with Gasteiger partial charge >= 0.3 is 5.97 Å². The lowest BCUT2D eigenvalue weighted by Gasteiger charge is -2.25. The van der Waals surface area contributed by atoms with Crippen LogP contribution in [0.5, 0.6) is 0 Å². The lowest BCUT2D eigenvalue weighted by molar-refractivity contribution is -0.136. The molecule has 0 aromatic heterocycles. The quantitative estimate of drug-likeness (QED) is 0.398. The smallest absolute Gasteiger partial charge is 0.334 e. The van der Waals surface area contributed by atoms with Crippen molar-refractivity contribution in [2.24, 2.45) is 0 Å². The lowest BCUT2D eigenvalue weighted by Crippen LogP contribution is -2.34. The number of hydrogen-bond acceptors (Lipinski definition) is 4. The van der Waals surface area contributed by atoms with Crippen LogP contribution in [0.1, 0.15) is 17.5 Å². The van der Waals surface area contributed by atoms with Crippen molar-refractivity contribution in [1.29, 1.82) is 0 Å². The Hall–Kier alpha value is -2.99. The Morgan fingerprint density at radius 2 is 1.76 bits per heavy atom. The van der Waals surface area contributed by atoms with Crippen LogP contribution in [0.3, 0.4) is 0 Å². The SMILES string of the molecule is COC(=O)C1=CCCN(CCOC=C(c2cccc(F)c2)c2cccc(F)c2)C1. The molecule has 2 aromatic carbocycles. The van der Waals surface area contributed by atoms with Gasteiger partial charge in [0, 0.05) is 30.8 Å². The van der Waals surface area contributed by atoms with Gasteiger partial charge in [0.15, 0.2) is 0 Å². The van der Waals surface area contributed by atoms with E-state index >= 15 is 0 Å². The van der Waals surface area contributed by atoms with E-state index in [1.165, 1.54) is 37.6 Å². The monoisotopic (exact) mass is 399 g/mol. The molecule has 6 heteroatoms. The lowest BCUT2D eigenvalue weighted by atomic mass is 9.99. The van der Waals surface area contributed by atoms with Gasteiger partial charge in [-0.25, -0.2) is 13.6 Å². The summed E-state index contributed by atoms with van der Waals surface area (Å²) < 4.78 is 37.9. The predicted molar refractivity (Wildman–Crippen MR) is 107 cm³/mol. The van der Waals surface area contributed by atoms with Gasteiger partial charge in [-0.3, -0.25) is 4.90 Å². The molecule has 0 N–H and O–H groups in total. The van der Waals surface area contributed by atoms with Crippen molar-refractivity contribution in [2.45, 2.75) is 6.42 Å². The standard InChI is InChI=1S/C23H23F2NO3/c1-28-23(27)19-7-4-10-26(15-19)11-12-29-16-22(17-5-2-8-20(24)13-17)18-6-3-9-21(25)14-18/h2-3,5-9,13-14,16H,4,10-12,15H2,1H3. The number of ether oxygens (including phenoxy) is 2. The Morgan fingerprint density at radius 1 is 1.10 bits per heavy atom. The highest BCUT2D eigenvalue weighted by molar-refractivity contribution is 5.88. The first-order chi connectivity index (χ1) is 14.1. The summed E-state index contributed by atoms with van der Waals surface area (Å²) in [6.07, 6.45) is 4.21. The molecular weight excluding hydrogens is 376 g/mol. The molecule has 1 aliphatic heterocycles. The number of esters is 1. The molecule has 1 heterocycles. The van der Waals surface area contributed by atoms with Crippen LogP contribution in [0, 0.1) is 11.6 Å². The van der Waals surface area contributed by atoms with E-state index in [1.54, 1.807) is 24.3 Å². The fraction of sp³-hybridized carbons (Fsp3) is 0.261. The largest absolute Gasteiger partial charge is 0.499 e. The number of hydrogen-bond donors (Lipinski definition) is 0. The third-order valence-electron chi connectivity index (χ3n) is 4.68. The van der Waals surface area contributed by atoms with Crippen molar-refractivity contribution >= 4 is 11.5 Å². The molecule has 2 aromatic rings. The van der Waals surface area contributed by atoms with E-state index in [2.05, 4.69) is 4.90 Å². The molecule has 29 heavy (non-hydrogen) atoms. The molecule has 152 valence electrons. The molecule has 0 saturated carbocycles. The van der Waals surface area contributed by atoms with Crippen molar-refractivity contribution in [3.8, 4) is 0 Å². The van der Waals surface area contributed by atoms with Crippen LogP contribution >= 0.6 is 0 Å². The molecule has 0 fully saturated rings. The summed E-state index contributed by atoms with van der Waals surface area (Å²) in [5, 5.41) is 0. The second-order valence-corrected chi connectivity index (χ2v) is 6.71. The second kappa shape index (κ2) is 9.98. The Kier molecular flexibility index (Phi) is 7.14. The average molecular weight is 399 g/mol. The van der Waals surface area contributed by atoms with Crippen molar-refractivity contribution in [3.05, 3.63) is 89.2 Å². The van der Waals surface area contributed by atoms with E-state index in [-0.39, 0.29) is 17.6 Å². The topological polar surface area (TPSA) is 38.8 Å². The van der Waals surface area contributed by atoms with Crippen LogP contribution in [-0.2, 0) is 14.3 Å². The molecular formula is C23H23F2NO3. The first-order valence-electron chi connectivity index (χ1n) is 9.40. The van der Waals surface area contributed by atoms with Crippen molar-refractivity contribution in [2.75, 3.05) is 33.4 Å². The van der Waals surface area contributed by atoms with Crippen LogP contribution in [0.2, 0.25) is 0 Å². The minimum absolute atomic E-state index is 0.310. The molecule has 0 amide bonds. The summed E-state index contributed by atoms with van der Waals surface area (Å²) in [4.78, 5) is 13.8. The summed E-state index contributed by atoms with van der Waals surface area (Å²) >= 11 is 0. The van der Waals surface area contributed by atoms with Crippen LogP contribution in [-0.4, -0.2) is 44.2 Å². The first kappa shape index (κ1) is 20.7. The highest BCUT2D eigenvalue weighted by Crippen LogP contribution is 2.25. The van der Waals surface area contributed by atoms with E-state index < -0.39 is 0 Å². The average Bonchev–Trinajstić information content (AvgIpc) is 2.73. The van der Waals surface area contributed by atoms with Gasteiger partial charge in [-0.15, -0.1) is 0 Å². The van der Waals surface area contributed by atoms with E-state index in [9.17, 15) is 13.6 Å². The van der Waals surface area contributed by atoms with E-state index in [0.717, 1.165) is 13.0 Å². The van der Waals surface area contributed by atoms with Crippen molar-refractivity contribution in [3.63, 3.8) is 0 Å². The fourth-order valence-corrected chi connectivity index (χ4v) is 3.21. The van der Waals surface area contributed by atoms with E-state index in [0.29, 0.717) is 42.0 Å². The van der Waals surface area contributed by atoms with Crippen molar-refractivity contribution in [1.82, 2.24) is 4.90 Å². The summed E-state index contributed by atoms with van der Waals surface area (Å²) in [7, 11) is 1.37. The maximum atomic E-state index is 13.7. The molecule has 0 spiro atoms. The van der Waals surface area contributed by atoms with Gasteiger partial charge in [-0.05, 0) is 41.8 Å². The van der Waals surface area contributed by atoms with Crippen LogP contribution < -0.4 is 0 Å². The molecule has 0 atom stereocenters. The normalized spacial score (nSPS) is 14.1. The van der Waals surface area contributed by atoms with Gasteiger partial charge in [0.05, 0.1) is 13.4 Å². The van der Waals surface area contributed by atoms with Gasteiger partial charge in [0.2, 0.25) is 0 Å². The molecule has 1 aliphatic rings. The second-order valence-electron chi connectivity index (χ2n) is 6.71. The summed E-state index contributed by atoms with van der Waals surface area (Å²) in [6.45, 7) is 2.33. The number of halogens is 2. The van der Waals surface area contributed by atoms with Crippen LogP contribution in [0.15, 0.2) is 66.4 Å². The van der Waals surface area contributed by atoms with Crippen LogP contribution in [0.4, 0.5) is 8.78 Å². The first-order valence-corrected chi connectivity index (χ1v) is 9.40. The number of nitrogens with zero attached hydrogens (tertiary/aromatic N) is 1. The van der Waals surface area contributed by atoms with Crippen LogP contribution in [0.25, 0.3) is 5.57 Å². The zero-order chi connectivity index (χ0) is 20.6.